The molecule has 6 heteroatoms. The van der Waals surface area contributed by atoms with E-state index in [0.29, 0.717) is 0 Å². The lowest BCUT2D eigenvalue weighted by atomic mass is 10.3. The van der Waals surface area contributed by atoms with Gasteiger partial charge in [0.05, 0.1) is 4.88 Å². The van der Waals surface area contributed by atoms with E-state index < -0.39 is 0 Å². The molecule has 0 spiro atoms. The average Bonchev–Trinajstić information content (AvgIpc) is 3.16. The first kappa shape index (κ1) is 12.2. The Morgan fingerprint density at radius 3 is 2.90 bits per heavy atom. The molecule has 0 radical (unpaired) electrons. The molecule has 0 amide bonds. The van der Waals surface area contributed by atoms with Crippen LogP contribution in [0, 0.1) is 0 Å². The molecule has 0 saturated carbocycles. The minimum absolute atomic E-state index is 1.03. The topological polar surface area (TPSA) is 33.4 Å². The summed E-state index contributed by atoms with van der Waals surface area (Å²) in [6.07, 6.45) is 3.77. The summed E-state index contributed by atoms with van der Waals surface area (Å²) in [4.78, 5) is 8.15. The molecule has 4 rings (SSSR count). The molecule has 102 valence electrons. The zero-order valence-electron chi connectivity index (χ0n) is 10.9. The summed E-state index contributed by atoms with van der Waals surface area (Å²) >= 11 is 3.73. The first-order valence-corrected chi connectivity index (χ1v) is 8.66. The Hall–Kier alpha value is -1.53. The zero-order chi connectivity index (χ0) is 13.4. The van der Waals surface area contributed by atoms with E-state index >= 15 is 0 Å². The summed E-state index contributed by atoms with van der Waals surface area (Å²) in [6.45, 7) is 2.13. The molecule has 0 N–H and O–H groups in total. The molecule has 1 saturated heterocycles. The molecule has 1 aliphatic rings. The van der Waals surface area contributed by atoms with Crippen LogP contribution in [-0.2, 0) is 0 Å². The quantitative estimate of drug-likeness (QED) is 0.728. The molecule has 1 aliphatic heterocycles. The molecule has 0 aromatic carbocycles. The van der Waals surface area contributed by atoms with Gasteiger partial charge in [-0.25, -0.2) is 9.50 Å². The van der Waals surface area contributed by atoms with Crippen LogP contribution in [0.1, 0.15) is 0 Å². The highest BCUT2D eigenvalue weighted by atomic mass is 32.2. The number of thioether (sulfide) groups is 1. The number of hydrogen-bond acceptors (Lipinski definition) is 5. The summed E-state index contributed by atoms with van der Waals surface area (Å²) in [5.41, 5.74) is 2.13. The molecule has 20 heavy (non-hydrogen) atoms. The normalized spacial score (nSPS) is 15.9. The van der Waals surface area contributed by atoms with E-state index in [4.69, 9.17) is 0 Å². The van der Waals surface area contributed by atoms with Gasteiger partial charge in [0.1, 0.15) is 11.2 Å². The smallest absolute Gasteiger partial charge is 0.154 e. The predicted molar refractivity (Wildman–Crippen MR) is 85.8 cm³/mol. The van der Waals surface area contributed by atoms with Crippen LogP contribution in [0.5, 0.6) is 0 Å². The maximum absolute atomic E-state index is 4.67. The fourth-order valence-corrected chi connectivity index (χ4v) is 4.06. The van der Waals surface area contributed by atoms with Crippen LogP contribution in [0.4, 0.5) is 5.82 Å². The van der Waals surface area contributed by atoms with Gasteiger partial charge in [0, 0.05) is 37.0 Å². The molecule has 0 unspecified atom stereocenters. The van der Waals surface area contributed by atoms with Crippen molar-refractivity contribution in [1.82, 2.24) is 14.6 Å². The van der Waals surface area contributed by atoms with Crippen LogP contribution < -0.4 is 4.90 Å². The van der Waals surface area contributed by atoms with Crippen LogP contribution in [0.15, 0.2) is 36.0 Å². The van der Waals surface area contributed by atoms with Crippen LogP contribution in [0.25, 0.3) is 16.1 Å². The number of thiophene rings is 1. The van der Waals surface area contributed by atoms with Crippen molar-refractivity contribution in [3.8, 4) is 10.6 Å². The van der Waals surface area contributed by atoms with Gasteiger partial charge in [-0.2, -0.15) is 16.9 Å². The molecule has 1 fully saturated rings. The fourth-order valence-electron chi connectivity index (χ4n) is 2.47. The van der Waals surface area contributed by atoms with Gasteiger partial charge in [0.25, 0.3) is 0 Å². The van der Waals surface area contributed by atoms with Crippen molar-refractivity contribution in [1.29, 1.82) is 0 Å². The van der Waals surface area contributed by atoms with E-state index in [-0.39, 0.29) is 0 Å². The Balaban J connectivity index is 1.81. The van der Waals surface area contributed by atoms with E-state index in [9.17, 15) is 0 Å². The Morgan fingerprint density at radius 1 is 1.20 bits per heavy atom. The largest absolute Gasteiger partial charge is 0.353 e. The fraction of sp³-hybridized carbons (Fsp3) is 0.286. The molecule has 3 aromatic heterocycles. The molecule has 4 nitrogen and oxygen atoms in total. The maximum Gasteiger partial charge on any atom is 0.154 e. The van der Waals surface area contributed by atoms with E-state index in [2.05, 4.69) is 38.6 Å². The van der Waals surface area contributed by atoms with Crippen LogP contribution in [0.3, 0.4) is 0 Å². The third-order valence-electron chi connectivity index (χ3n) is 3.45. The van der Waals surface area contributed by atoms with Crippen LogP contribution in [0.2, 0.25) is 0 Å². The predicted octanol–water partition coefficient (Wildman–Crippen LogP) is 3.01. The first-order chi connectivity index (χ1) is 9.92. The minimum atomic E-state index is 1.03. The van der Waals surface area contributed by atoms with Gasteiger partial charge < -0.3 is 4.90 Å². The van der Waals surface area contributed by atoms with Gasteiger partial charge in [0.2, 0.25) is 0 Å². The number of fused-ring (bicyclic) bond motifs is 1. The van der Waals surface area contributed by atoms with Gasteiger partial charge in [-0.05, 0) is 17.5 Å². The molecule has 3 aromatic rings. The van der Waals surface area contributed by atoms with Gasteiger partial charge in [-0.3, -0.25) is 0 Å². The summed E-state index contributed by atoms with van der Waals surface area (Å²) < 4.78 is 1.94. The minimum Gasteiger partial charge on any atom is -0.353 e. The average molecular weight is 302 g/mol. The third kappa shape index (κ3) is 2.09. The van der Waals surface area contributed by atoms with Crippen molar-refractivity contribution in [2.24, 2.45) is 0 Å². The number of hydrogen-bond donors (Lipinski definition) is 0. The molecular weight excluding hydrogens is 288 g/mol. The SMILES string of the molecule is c1csc(-c2cc3c(N4CCSCC4)nccn3n2)c1. The van der Waals surface area contributed by atoms with Gasteiger partial charge in [0.15, 0.2) is 5.82 Å². The number of nitrogens with zero attached hydrogens (tertiary/aromatic N) is 4. The van der Waals surface area contributed by atoms with Crippen molar-refractivity contribution in [2.45, 2.75) is 0 Å². The Bertz CT molecular complexity index is 714. The molecule has 0 aliphatic carbocycles. The van der Waals surface area contributed by atoms with Crippen molar-refractivity contribution < 1.29 is 0 Å². The molecule has 4 heterocycles. The highest BCUT2D eigenvalue weighted by molar-refractivity contribution is 7.99. The van der Waals surface area contributed by atoms with Crippen molar-refractivity contribution >= 4 is 34.4 Å². The van der Waals surface area contributed by atoms with Crippen molar-refractivity contribution in [3.63, 3.8) is 0 Å². The highest BCUT2D eigenvalue weighted by Crippen LogP contribution is 2.28. The lowest BCUT2D eigenvalue weighted by molar-refractivity contribution is 0.831. The van der Waals surface area contributed by atoms with Crippen LogP contribution in [-0.4, -0.2) is 39.2 Å². The van der Waals surface area contributed by atoms with Gasteiger partial charge in [-0.15, -0.1) is 11.3 Å². The third-order valence-corrected chi connectivity index (χ3v) is 5.29. The highest BCUT2D eigenvalue weighted by Gasteiger charge is 2.17. The van der Waals surface area contributed by atoms with E-state index in [0.717, 1.165) is 30.1 Å². The Morgan fingerprint density at radius 2 is 2.10 bits per heavy atom. The summed E-state index contributed by atoms with van der Waals surface area (Å²) in [7, 11) is 0. The summed E-state index contributed by atoms with van der Waals surface area (Å²) in [5, 5.41) is 6.75. The standard InChI is InChI=1S/C14H14N4S2/c1-2-13(20-7-1)11-10-12-14(15-3-4-18(12)16-11)17-5-8-19-9-6-17/h1-4,7,10H,5-6,8-9H2. The lowest BCUT2D eigenvalue weighted by Crippen LogP contribution is -2.33. The monoisotopic (exact) mass is 302 g/mol. The second kappa shape index (κ2) is 5.10. The second-order valence-electron chi connectivity index (χ2n) is 4.69. The second-order valence-corrected chi connectivity index (χ2v) is 6.86. The number of rotatable bonds is 2. The zero-order valence-corrected chi connectivity index (χ0v) is 12.5. The van der Waals surface area contributed by atoms with Gasteiger partial charge >= 0.3 is 0 Å². The summed E-state index contributed by atoms with van der Waals surface area (Å²) in [6, 6.07) is 6.32. The Labute approximate surface area is 125 Å². The number of anilines is 1. The number of aromatic nitrogens is 3. The van der Waals surface area contributed by atoms with Gasteiger partial charge in [-0.1, -0.05) is 6.07 Å². The maximum atomic E-state index is 4.67. The summed E-state index contributed by atoms with van der Waals surface area (Å²) in [5.74, 6) is 3.41. The molecular formula is C14H14N4S2. The van der Waals surface area contributed by atoms with Crippen LogP contribution >= 0.6 is 23.1 Å². The van der Waals surface area contributed by atoms with E-state index in [1.54, 1.807) is 11.3 Å². The Kier molecular flexibility index (Phi) is 3.12. The van der Waals surface area contributed by atoms with Crippen molar-refractivity contribution in [2.75, 3.05) is 29.5 Å². The van der Waals surface area contributed by atoms with Crippen molar-refractivity contribution in [3.05, 3.63) is 36.0 Å². The van der Waals surface area contributed by atoms with E-state index in [1.807, 2.05) is 28.7 Å². The first-order valence-electron chi connectivity index (χ1n) is 6.63. The molecule has 0 atom stereocenters. The van der Waals surface area contributed by atoms with E-state index in [1.165, 1.54) is 16.4 Å². The lowest BCUT2D eigenvalue weighted by Gasteiger charge is -2.27. The molecule has 0 bridgehead atoms.